The van der Waals surface area contributed by atoms with Crippen LogP contribution >= 0.6 is 0 Å². The number of hydrogen-bond donors (Lipinski definition) is 0. The van der Waals surface area contributed by atoms with Gasteiger partial charge in [-0.15, -0.1) is 0 Å². The van der Waals surface area contributed by atoms with E-state index in [2.05, 4.69) is 15.1 Å². The van der Waals surface area contributed by atoms with Crippen molar-refractivity contribution in [2.45, 2.75) is 18.7 Å². The van der Waals surface area contributed by atoms with Gasteiger partial charge in [-0.25, -0.2) is 18.4 Å². The molecule has 0 aliphatic carbocycles. The van der Waals surface area contributed by atoms with E-state index in [1.807, 2.05) is 0 Å². The largest absolute Gasteiger partial charge is 0.748 e. The number of nitrogens with zero attached hydrogens (tertiary/aromatic N) is 4. The van der Waals surface area contributed by atoms with Crippen molar-refractivity contribution < 1.29 is 17.7 Å². The second-order valence-corrected chi connectivity index (χ2v) is 5.80. The van der Waals surface area contributed by atoms with Gasteiger partial charge < -0.3 is 4.55 Å². The number of hydrogen-bond acceptors (Lipinski definition) is 6. The molecule has 0 aliphatic heterocycles. The van der Waals surface area contributed by atoms with E-state index in [4.69, 9.17) is 0 Å². The average molecular weight is 280 g/mol. The van der Waals surface area contributed by atoms with E-state index in [1.165, 1.54) is 17.8 Å². The Hall–Kier alpha value is -1.93. The normalized spacial score (nSPS) is 13.2. The zero-order valence-electron chi connectivity index (χ0n) is 10.2. The van der Waals surface area contributed by atoms with Gasteiger partial charge in [0.05, 0.1) is 0 Å². The van der Waals surface area contributed by atoms with Crippen molar-refractivity contribution in [1.29, 1.82) is 0 Å². The van der Waals surface area contributed by atoms with Gasteiger partial charge >= 0.3 is 0 Å². The molecular weight excluding hydrogens is 268 g/mol. The van der Waals surface area contributed by atoms with Crippen LogP contribution in [0.1, 0.15) is 6.92 Å². The fourth-order valence-electron chi connectivity index (χ4n) is 1.43. The van der Waals surface area contributed by atoms with Crippen molar-refractivity contribution in [2.24, 2.45) is 0 Å². The number of rotatable bonds is 4. The summed E-state index contributed by atoms with van der Waals surface area (Å²) in [5.41, 5.74) is 0.717. The maximum absolute atomic E-state index is 10.8. The van der Waals surface area contributed by atoms with Crippen LogP contribution < -0.4 is 4.68 Å². The first-order chi connectivity index (χ1) is 8.97. The summed E-state index contributed by atoms with van der Waals surface area (Å²) in [4.78, 5) is 8.15. The SMILES string of the molecule is CC(C[n+]1ccc(-c2ncccn2)cn1)S(=O)(=O)[O-]. The molecule has 0 amide bonds. The van der Waals surface area contributed by atoms with Crippen molar-refractivity contribution in [3.05, 3.63) is 36.9 Å². The molecule has 0 aliphatic rings. The van der Waals surface area contributed by atoms with Crippen LogP contribution in [0.4, 0.5) is 0 Å². The molecule has 1 unspecified atom stereocenters. The molecule has 0 radical (unpaired) electrons. The second-order valence-electron chi connectivity index (χ2n) is 4.01. The monoisotopic (exact) mass is 280 g/mol. The van der Waals surface area contributed by atoms with Crippen molar-refractivity contribution >= 4 is 10.1 Å². The molecule has 8 heteroatoms. The highest BCUT2D eigenvalue weighted by atomic mass is 32.2. The molecule has 0 N–H and O–H groups in total. The lowest BCUT2D eigenvalue weighted by molar-refractivity contribution is -0.753. The van der Waals surface area contributed by atoms with Crippen LogP contribution in [0.5, 0.6) is 0 Å². The molecule has 2 aromatic rings. The summed E-state index contributed by atoms with van der Waals surface area (Å²) in [7, 11) is -4.30. The van der Waals surface area contributed by atoms with Gasteiger partial charge in [-0.3, -0.25) is 0 Å². The van der Waals surface area contributed by atoms with Gasteiger partial charge in [0.2, 0.25) is 0 Å². The zero-order valence-corrected chi connectivity index (χ0v) is 11.0. The summed E-state index contributed by atoms with van der Waals surface area (Å²) in [6.45, 7) is 1.37. The second kappa shape index (κ2) is 5.37. The van der Waals surface area contributed by atoms with Crippen molar-refractivity contribution in [1.82, 2.24) is 15.1 Å². The summed E-state index contributed by atoms with van der Waals surface area (Å²) >= 11 is 0. The van der Waals surface area contributed by atoms with Crippen LogP contribution in [0.15, 0.2) is 36.9 Å². The summed E-state index contributed by atoms with van der Waals surface area (Å²) < 4.78 is 33.8. The number of aromatic nitrogens is 4. The third kappa shape index (κ3) is 3.52. The van der Waals surface area contributed by atoms with Gasteiger partial charge in [0.1, 0.15) is 21.6 Å². The summed E-state index contributed by atoms with van der Waals surface area (Å²) in [6.07, 6.45) is 6.36. The quantitative estimate of drug-likeness (QED) is 0.566. The first-order valence-electron chi connectivity index (χ1n) is 5.54. The minimum atomic E-state index is -4.30. The van der Waals surface area contributed by atoms with Gasteiger partial charge in [0.15, 0.2) is 18.6 Å². The Labute approximate surface area is 110 Å². The van der Waals surface area contributed by atoms with Crippen molar-refractivity contribution in [3.63, 3.8) is 0 Å². The fourth-order valence-corrected chi connectivity index (χ4v) is 1.76. The summed E-state index contributed by atoms with van der Waals surface area (Å²) in [6, 6.07) is 3.42. The van der Waals surface area contributed by atoms with E-state index >= 15 is 0 Å². The molecule has 19 heavy (non-hydrogen) atoms. The van der Waals surface area contributed by atoms with E-state index in [-0.39, 0.29) is 6.54 Å². The van der Waals surface area contributed by atoms with Gasteiger partial charge in [0.25, 0.3) is 0 Å². The van der Waals surface area contributed by atoms with Crippen LogP contribution in [0.3, 0.4) is 0 Å². The molecule has 0 bridgehead atoms. The van der Waals surface area contributed by atoms with Crippen LogP contribution in [-0.4, -0.2) is 33.3 Å². The van der Waals surface area contributed by atoms with Gasteiger partial charge in [-0.05, 0) is 18.1 Å². The lowest BCUT2D eigenvalue weighted by atomic mass is 10.3. The molecule has 2 heterocycles. The maximum Gasteiger partial charge on any atom is 0.197 e. The third-order valence-corrected chi connectivity index (χ3v) is 3.67. The van der Waals surface area contributed by atoms with Crippen LogP contribution in [0.2, 0.25) is 0 Å². The Bertz CT molecular complexity index is 643. The molecule has 0 saturated carbocycles. The van der Waals surface area contributed by atoms with E-state index in [9.17, 15) is 13.0 Å². The van der Waals surface area contributed by atoms with E-state index < -0.39 is 15.4 Å². The summed E-state index contributed by atoms with van der Waals surface area (Å²) in [5.74, 6) is 0.534. The highest BCUT2D eigenvalue weighted by Crippen LogP contribution is 2.09. The first kappa shape index (κ1) is 13.5. The predicted octanol–water partition coefficient (Wildman–Crippen LogP) is -0.240. The highest BCUT2D eigenvalue weighted by Gasteiger charge is 2.17. The molecule has 100 valence electrons. The minimum absolute atomic E-state index is 0.0156. The molecule has 2 rings (SSSR count). The predicted molar refractivity (Wildman–Crippen MR) is 64.6 cm³/mol. The molecule has 0 spiro atoms. The van der Waals surface area contributed by atoms with E-state index in [1.54, 1.807) is 30.7 Å². The average Bonchev–Trinajstić information content (AvgIpc) is 2.39. The molecule has 2 aromatic heterocycles. The topological polar surface area (TPSA) is 99.8 Å². The summed E-state index contributed by atoms with van der Waals surface area (Å²) in [5, 5.41) is 3.02. The molecule has 1 atom stereocenters. The van der Waals surface area contributed by atoms with Crippen LogP contribution in [0, 0.1) is 0 Å². The fraction of sp³-hybridized carbons (Fsp3) is 0.273. The Balaban J connectivity index is 2.16. The Kier molecular flexibility index (Phi) is 3.82. The Morgan fingerprint density at radius 1 is 1.37 bits per heavy atom. The Morgan fingerprint density at radius 2 is 2.05 bits per heavy atom. The molecule has 0 fully saturated rings. The Morgan fingerprint density at radius 3 is 2.58 bits per heavy atom. The lowest BCUT2D eigenvalue weighted by Crippen LogP contribution is -2.44. The minimum Gasteiger partial charge on any atom is -0.748 e. The zero-order chi connectivity index (χ0) is 13.9. The molecular formula is C11H12N4O3S. The van der Waals surface area contributed by atoms with E-state index in [0.717, 1.165) is 5.56 Å². The first-order valence-corrected chi connectivity index (χ1v) is 7.02. The van der Waals surface area contributed by atoms with E-state index in [0.29, 0.717) is 5.82 Å². The standard InChI is InChI=1S/C11H12N4O3S/c1-9(19(16,17)18)8-15-6-3-10(7-14-15)11-12-4-2-5-13-11/h2-7,9H,8H2,1H3. The van der Waals surface area contributed by atoms with Gasteiger partial charge in [-0.1, -0.05) is 4.68 Å². The van der Waals surface area contributed by atoms with Crippen molar-refractivity contribution in [2.75, 3.05) is 0 Å². The maximum atomic E-state index is 10.8. The van der Waals surface area contributed by atoms with Crippen LogP contribution in [0.25, 0.3) is 11.4 Å². The van der Waals surface area contributed by atoms with Gasteiger partial charge in [-0.2, -0.15) is 0 Å². The molecule has 7 nitrogen and oxygen atoms in total. The smallest absolute Gasteiger partial charge is 0.197 e. The van der Waals surface area contributed by atoms with Crippen LogP contribution in [-0.2, 0) is 16.7 Å². The lowest BCUT2D eigenvalue weighted by Gasteiger charge is -2.11. The van der Waals surface area contributed by atoms with Gasteiger partial charge in [0, 0.05) is 24.0 Å². The molecule has 0 saturated heterocycles. The van der Waals surface area contributed by atoms with Crippen molar-refractivity contribution in [3.8, 4) is 11.4 Å². The highest BCUT2D eigenvalue weighted by molar-refractivity contribution is 7.86. The third-order valence-electron chi connectivity index (χ3n) is 2.53. The molecule has 0 aromatic carbocycles.